The first-order chi connectivity index (χ1) is 15.3. The Labute approximate surface area is 186 Å². The molecule has 0 unspecified atom stereocenters. The zero-order valence-corrected chi connectivity index (χ0v) is 18.1. The molecule has 2 aromatic carbocycles. The lowest BCUT2D eigenvalue weighted by Crippen LogP contribution is -2.48. The second-order valence-electron chi connectivity index (χ2n) is 8.02. The van der Waals surface area contributed by atoms with E-state index in [4.69, 9.17) is 4.74 Å². The summed E-state index contributed by atoms with van der Waals surface area (Å²) in [5, 5.41) is 9.46. The highest BCUT2D eigenvalue weighted by atomic mass is 19.4. The van der Waals surface area contributed by atoms with E-state index >= 15 is 0 Å². The molecule has 8 heteroatoms. The van der Waals surface area contributed by atoms with Crippen LogP contribution in [0.5, 0.6) is 0 Å². The predicted octanol–water partition coefficient (Wildman–Crippen LogP) is 3.80. The first-order valence-electron chi connectivity index (χ1n) is 10.7. The maximum Gasteiger partial charge on any atom is 0.416 e. The van der Waals surface area contributed by atoms with Crippen LogP contribution in [0.4, 0.5) is 13.2 Å². The fraction of sp³-hybridized carbons (Fsp3) is 0.458. The Kier molecular flexibility index (Phi) is 8.28. The van der Waals surface area contributed by atoms with Gasteiger partial charge in [-0.1, -0.05) is 36.4 Å². The van der Waals surface area contributed by atoms with Crippen LogP contribution in [0.15, 0.2) is 48.5 Å². The van der Waals surface area contributed by atoms with Gasteiger partial charge in [0.1, 0.15) is 6.61 Å². The first-order valence-corrected chi connectivity index (χ1v) is 10.7. The van der Waals surface area contributed by atoms with Gasteiger partial charge >= 0.3 is 6.18 Å². The van der Waals surface area contributed by atoms with Crippen molar-refractivity contribution in [2.75, 3.05) is 40.0 Å². The van der Waals surface area contributed by atoms with Gasteiger partial charge in [-0.3, -0.25) is 4.79 Å². The van der Waals surface area contributed by atoms with Gasteiger partial charge in [0.05, 0.1) is 12.2 Å². The number of piperidine rings is 1. The summed E-state index contributed by atoms with van der Waals surface area (Å²) in [4.78, 5) is 16.5. The monoisotopic (exact) mass is 450 g/mol. The molecule has 174 valence electrons. The average Bonchev–Trinajstić information content (AvgIpc) is 2.81. The molecule has 0 radical (unpaired) electrons. The number of hydrogen-bond donors (Lipinski definition) is 1. The van der Waals surface area contributed by atoms with Gasteiger partial charge in [0.25, 0.3) is 0 Å². The number of aliphatic hydroxyl groups is 1. The summed E-state index contributed by atoms with van der Waals surface area (Å²) in [7, 11) is 1.68. The van der Waals surface area contributed by atoms with Crippen molar-refractivity contribution < 1.29 is 27.8 Å². The minimum absolute atomic E-state index is 0.0584. The van der Waals surface area contributed by atoms with E-state index in [1.54, 1.807) is 12.0 Å². The molecule has 0 aromatic heterocycles. The number of rotatable bonds is 8. The van der Waals surface area contributed by atoms with Crippen molar-refractivity contribution in [3.63, 3.8) is 0 Å². The summed E-state index contributed by atoms with van der Waals surface area (Å²) < 4.78 is 43.4. The number of carbonyl (C=O) groups is 1. The highest BCUT2D eigenvalue weighted by Gasteiger charge is 2.30. The number of halogens is 3. The highest BCUT2D eigenvalue weighted by molar-refractivity contribution is 5.77. The lowest BCUT2D eigenvalue weighted by Gasteiger charge is -2.38. The number of likely N-dealkylation sites (tertiary alicyclic amines) is 1. The average molecular weight is 451 g/mol. The Morgan fingerprint density at radius 2 is 1.62 bits per heavy atom. The Morgan fingerprint density at radius 1 is 1.06 bits per heavy atom. The summed E-state index contributed by atoms with van der Waals surface area (Å²) in [5.74, 6) is -0.299. The molecule has 0 aliphatic carbocycles. The Hall–Kier alpha value is -2.42. The van der Waals surface area contributed by atoms with Gasteiger partial charge in [-0.05, 0) is 41.7 Å². The van der Waals surface area contributed by atoms with Crippen molar-refractivity contribution in [2.45, 2.75) is 31.6 Å². The second-order valence-corrected chi connectivity index (χ2v) is 8.02. The Bertz CT molecular complexity index is 862. The number of methoxy groups -OCH3 is 1. The molecular formula is C24H29F3N2O3. The third-order valence-electron chi connectivity index (χ3n) is 5.92. The number of carbonyl (C=O) groups excluding carboxylic acids is 1. The van der Waals surface area contributed by atoms with E-state index < -0.39 is 18.3 Å². The topological polar surface area (TPSA) is 53.0 Å². The zero-order chi connectivity index (χ0) is 23.1. The lowest BCUT2D eigenvalue weighted by atomic mass is 10.00. The van der Waals surface area contributed by atoms with E-state index in [-0.39, 0.29) is 11.9 Å². The molecule has 1 amide bonds. The maximum atomic E-state index is 12.8. The van der Waals surface area contributed by atoms with Gasteiger partial charge in [0, 0.05) is 39.3 Å². The molecular weight excluding hydrogens is 421 g/mol. The maximum absolute atomic E-state index is 12.8. The van der Waals surface area contributed by atoms with Crippen LogP contribution in [0.25, 0.3) is 11.1 Å². The molecule has 0 spiro atoms. The molecule has 1 aliphatic heterocycles. The standard InChI is InChI=1S/C24H29F3N2O3/c1-32-15-14-28-12-10-22(11-13-28)29(23(31)17-30)16-18-2-4-19(5-3-18)20-6-8-21(9-7-20)24(25,26)27/h2-9,22,30H,10-17H2,1H3. The molecule has 32 heavy (non-hydrogen) atoms. The molecule has 1 aliphatic rings. The smallest absolute Gasteiger partial charge is 0.387 e. The van der Waals surface area contributed by atoms with Crippen molar-refractivity contribution in [1.82, 2.24) is 9.80 Å². The molecule has 5 nitrogen and oxygen atoms in total. The SMILES string of the molecule is COCCN1CCC(N(Cc2ccc(-c3ccc(C(F)(F)F)cc3)cc2)C(=O)CO)CC1. The van der Waals surface area contributed by atoms with Crippen molar-refractivity contribution in [2.24, 2.45) is 0 Å². The number of benzene rings is 2. The van der Waals surface area contributed by atoms with E-state index in [1.165, 1.54) is 12.1 Å². The van der Waals surface area contributed by atoms with Crippen LogP contribution in [0.2, 0.25) is 0 Å². The summed E-state index contributed by atoms with van der Waals surface area (Å²) >= 11 is 0. The van der Waals surface area contributed by atoms with E-state index in [1.807, 2.05) is 24.3 Å². The molecule has 0 atom stereocenters. The molecule has 3 rings (SSSR count). The van der Waals surface area contributed by atoms with E-state index in [2.05, 4.69) is 4.90 Å². The van der Waals surface area contributed by atoms with Gasteiger partial charge in [-0.2, -0.15) is 13.2 Å². The molecule has 1 saturated heterocycles. The van der Waals surface area contributed by atoms with Gasteiger partial charge in [0.2, 0.25) is 5.91 Å². The van der Waals surface area contributed by atoms with Gasteiger partial charge in [-0.15, -0.1) is 0 Å². The fourth-order valence-corrected chi connectivity index (χ4v) is 4.04. The van der Waals surface area contributed by atoms with Crippen LogP contribution in [0.3, 0.4) is 0 Å². The normalized spacial score (nSPS) is 15.7. The van der Waals surface area contributed by atoms with E-state index in [0.29, 0.717) is 18.7 Å². The number of ether oxygens (including phenoxy) is 1. The Morgan fingerprint density at radius 3 is 2.12 bits per heavy atom. The van der Waals surface area contributed by atoms with Crippen LogP contribution in [-0.2, 0) is 22.3 Å². The van der Waals surface area contributed by atoms with Gasteiger partial charge in [-0.25, -0.2) is 0 Å². The molecule has 2 aromatic rings. The summed E-state index contributed by atoms with van der Waals surface area (Å²) in [6, 6.07) is 12.5. The van der Waals surface area contributed by atoms with Crippen LogP contribution in [0.1, 0.15) is 24.0 Å². The van der Waals surface area contributed by atoms with Crippen LogP contribution >= 0.6 is 0 Å². The first kappa shape index (κ1) is 24.2. The molecule has 1 fully saturated rings. The predicted molar refractivity (Wildman–Crippen MR) is 116 cm³/mol. The Balaban J connectivity index is 1.65. The van der Waals surface area contributed by atoms with E-state index in [0.717, 1.165) is 55.7 Å². The van der Waals surface area contributed by atoms with Gasteiger partial charge < -0.3 is 19.6 Å². The molecule has 1 N–H and O–H groups in total. The largest absolute Gasteiger partial charge is 0.416 e. The zero-order valence-electron chi connectivity index (χ0n) is 18.1. The minimum Gasteiger partial charge on any atom is -0.387 e. The third-order valence-corrected chi connectivity index (χ3v) is 5.92. The van der Waals surface area contributed by atoms with Crippen LogP contribution in [0, 0.1) is 0 Å². The molecule has 0 bridgehead atoms. The van der Waals surface area contributed by atoms with Crippen molar-refractivity contribution in [3.8, 4) is 11.1 Å². The van der Waals surface area contributed by atoms with Crippen molar-refractivity contribution in [3.05, 3.63) is 59.7 Å². The lowest BCUT2D eigenvalue weighted by molar-refractivity contribution is -0.138. The van der Waals surface area contributed by atoms with Crippen molar-refractivity contribution in [1.29, 1.82) is 0 Å². The quantitative estimate of drug-likeness (QED) is 0.665. The van der Waals surface area contributed by atoms with E-state index in [9.17, 15) is 23.1 Å². The highest BCUT2D eigenvalue weighted by Crippen LogP contribution is 2.31. The third kappa shape index (κ3) is 6.31. The summed E-state index contributed by atoms with van der Waals surface area (Å²) in [6.45, 7) is 3.13. The number of nitrogens with zero attached hydrogens (tertiary/aromatic N) is 2. The summed E-state index contributed by atoms with van der Waals surface area (Å²) in [6.07, 6.45) is -2.69. The second kappa shape index (κ2) is 10.9. The van der Waals surface area contributed by atoms with Gasteiger partial charge in [0.15, 0.2) is 0 Å². The molecule has 1 heterocycles. The fourth-order valence-electron chi connectivity index (χ4n) is 4.04. The van der Waals surface area contributed by atoms with Crippen LogP contribution < -0.4 is 0 Å². The number of amides is 1. The number of alkyl halides is 3. The number of hydrogen-bond acceptors (Lipinski definition) is 4. The molecule has 0 saturated carbocycles. The minimum atomic E-state index is -4.36. The van der Waals surface area contributed by atoms with Crippen LogP contribution in [-0.4, -0.2) is 66.8 Å². The van der Waals surface area contributed by atoms with Crippen molar-refractivity contribution >= 4 is 5.91 Å². The number of aliphatic hydroxyl groups excluding tert-OH is 1. The summed E-state index contributed by atoms with van der Waals surface area (Å²) in [5.41, 5.74) is 1.72.